The molecule has 0 unspecified atom stereocenters. The zero-order valence-electron chi connectivity index (χ0n) is 11.2. The summed E-state index contributed by atoms with van der Waals surface area (Å²) >= 11 is 3.28. The van der Waals surface area contributed by atoms with Gasteiger partial charge in [-0.25, -0.2) is 8.42 Å². The van der Waals surface area contributed by atoms with Gasteiger partial charge in [0, 0.05) is 17.2 Å². The lowest BCUT2D eigenvalue weighted by atomic mass is 10.3. The van der Waals surface area contributed by atoms with E-state index in [-0.39, 0.29) is 11.4 Å². The Labute approximate surface area is 127 Å². The van der Waals surface area contributed by atoms with Crippen LogP contribution in [0, 0.1) is 6.92 Å². The van der Waals surface area contributed by atoms with Crippen LogP contribution in [0.4, 0.5) is 0 Å². The normalized spacial score (nSPS) is 11.8. The minimum Gasteiger partial charge on any atom is -0.257 e. The lowest BCUT2D eigenvalue weighted by molar-refractivity contribution is 0.461. The van der Waals surface area contributed by atoms with Gasteiger partial charge in [0.1, 0.15) is 0 Å². The molecule has 1 heterocycles. The quantitative estimate of drug-likeness (QED) is 0.847. The van der Waals surface area contributed by atoms with Crippen molar-refractivity contribution >= 4 is 26.0 Å². The molecule has 6 heteroatoms. The molecule has 1 aromatic heterocycles. The van der Waals surface area contributed by atoms with E-state index in [0.29, 0.717) is 4.47 Å². The third-order valence-corrected chi connectivity index (χ3v) is 5.67. The van der Waals surface area contributed by atoms with Crippen LogP contribution in [0.5, 0.6) is 0 Å². The van der Waals surface area contributed by atoms with Gasteiger partial charge in [-0.1, -0.05) is 18.2 Å². The predicted octanol–water partition coefficient (Wildman–Crippen LogP) is 2.97. The number of hydrogen-bond donors (Lipinski definition) is 0. The molecule has 0 aliphatic rings. The summed E-state index contributed by atoms with van der Waals surface area (Å²) in [6.45, 7) is 2.12. The summed E-state index contributed by atoms with van der Waals surface area (Å²) in [7, 11) is -1.98. The van der Waals surface area contributed by atoms with Crippen LogP contribution >= 0.6 is 15.9 Å². The first-order chi connectivity index (χ1) is 9.41. The number of sulfonamides is 1. The van der Waals surface area contributed by atoms with Crippen molar-refractivity contribution in [2.45, 2.75) is 18.4 Å². The van der Waals surface area contributed by atoms with Crippen LogP contribution < -0.4 is 0 Å². The lowest BCUT2D eigenvalue weighted by Gasteiger charge is -2.17. The van der Waals surface area contributed by atoms with Gasteiger partial charge in [-0.3, -0.25) is 4.98 Å². The van der Waals surface area contributed by atoms with Crippen molar-refractivity contribution in [3.8, 4) is 0 Å². The van der Waals surface area contributed by atoms with Crippen LogP contribution in [0.3, 0.4) is 0 Å². The van der Waals surface area contributed by atoms with E-state index in [0.717, 1.165) is 11.4 Å². The number of pyridine rings is 1. The first-order valence-corrected chi connectivity index (χ1v) is 8.28. The van der Waals surface area contributed by atoms with Crippen LogP contribution in [0.2, 0.25) is 0 Å². The van der Waals surface area contributed by atoms with Crippen LogP contribution in [-0.2, 0) is 16.6 Å². The summed E-state index contributed by atoms with van der Waals surface area (Å²) in [4.78, 5) is 4.58. The van der Waals surface area contributed by atoms with Crippen molar-refractivity contribution in [2.24, 2.45) is 0 Å². The summed E-state index contributed by atoms with van der Waals surface area (Å²) in [6.07, 6.45) is 0. The Hall–Kier alpha value is -1.24. The summed E-state index contributed by atoms with van der Waals surface area (Å²) < 4.78 is 26.9. The predicted molar refractivity (Wildman–Crippen MR) is 81.8 cm³/mol. The van der Waals surface area contributed by atoms with E-state index in [4.69, 9.17) is 0 Å². The van der Waals surface area contributed by atoms with E-state index < -0.39 is 10.0 Å². The number of nitrogens with zero attached hydrogens (tertiary/aromatic N) is 2. The highest BCUT2D eigenvalue weighted by Crippen LogP contribution is 2.24. The SMILES string of the molecule is Cc1cccc(CN(C)S(=O)(=O)c2ccccc2Br)n1. The van der Waals surface area contributed by atoms with Crippen molar-refractivity contribution in [2.75, 3.05) is 7.05 Å². The van der Waals surface area contributed by atoms with E-state index >= 15 is 0 Å². The fourth-order valence-corrected chi connectivity index (χ4v) is 3.92. The number of rotatable bonds is 4. The number of hydrogen-bond acceptors (Lipinski definition) is 3. The van der Waals surface area contributed by atoms with Gasteiger partial charge in [-0.05, 0) is 47.1 Å². The molecule has 0 saturated carbocycles. The van der Waals surface area contributed by atoms with E-state index in [1.807, 2.05) is 25.1 Å². The van der Waals surface area contributed by atoms with Gasteiger partial charge < -0.3 is 0 Å². The molecule has 0 spiro atoms. The Kier molecular flexibility index (Phi) is 4.57. The molecule has 0 atom stereocenters. The summed E-state index contributed by atoms with van der Waals surface area (Å²) in [6, 6.07) is 12.4. The molecule has 0 saturated heterocycles. The maximum atomic E-state index is 12.5. The van der Waals surface area contributed by atoms with Crippen molar-refractivity contribution in [3.05, 3.63) is 58.3 Å². The van der Waals surface area contributed by atoms with Gasteiger partial charge in [0.15, 0.2) is 0 Å². The standard InChI is InChI=1S/C14H15BrN2O2S/c1-11-6-5-7-12(16-11)10-17(2)20(18,19)14-9-4-3-8-13(14)15/h3-9H,10H2,1-2H3. The highest BCUT2D eigenvalue weighted by Gasteiger charge is 2.23. The third kappa shape index (κ3) is 3.26. The first-order valence-electron chi connectivity index (χ1n) is 6.04. The summed E-state index contributed by atoms with van der Waals surface area (Å²) in [5.41, 5.74) is 1.59. The van der Waals surface area contributed by atoms with Crippen LogP contribution in [-0.4, -0.2) is 24.8 Å². The second-order valence-corrected chi connectivity index (χ2v) is 7.33. The number of aryl methyl sites for hydroxylation is 1. The minimum atomic E-state index is -3.53. The van der Waals surface area contributed by atoms with Crippen molar-refractivity contribution in [1.29, 1.82) is 0 Å². The molecule has 2 rings (SSSR count). The highest BCUT2D eigenvalue weighted by molar-refractivity contribution is 9.10. The van der Waals surface area contributed by atoms with Gasteiger partial charge in [0.2, 0.25) is 10.0 Å². The van der Waals surface area contributed by atoms with Gasteiger partial charge in [-0.15, -0.1) is 0 Å². The number of benzene rings is 1. The average molecular weight is 355 g/mol. The van der Waals surface area contributed by atoms with Crippen LogP contribution in [0.15, 0.2) is 51.8 Å². The fraction of sp³-hybridized carbons (Fsp3) is 0.214. The average Bonchev–Trinajstić information content (AvgIpc) is 2.39. The molecular weight excluding hydrogens is 340 g/mol. The van der Waals surface area contributed by atoms with E-state index in [2.05, 4.69) is 20.9 Å². The topological polar surface area (TPSA) is 50.3 Å². The van der Waals surface area contributed by atoms with Crippen LogP contribution in [0.1, 0.15) is 11.4 Å². The fourth-order valence-electron chi connectivity index (χ4n) is 1.82. The highest BCUT2D eigenvalue weighted by atomic mass is 79.9. The molecule has 0 aliphatic heterocycles. The van der Waals surface area contributed by atoms with Crippen molar-refractivity contribution in [3.63, 3.8) is 0 Å². The van der Waals surface area contributed by atoms with Gasteiger partial charge in [0.05, 0.1) is 17.1 Å². The zero-order chi connectivity index (χ0) is 14.8. The molecule has 1 aromatic carbocycles. The number of halogens is 1. The van der Waals surface area contributed by atoms with Crippen molar-refractivity contribution < 1.29 is 8.42 Å². The van der Waals surface area contributed by atoms with Gasteiger partial charge in [-0.2, -0.15) is 4.31 Å². The molecule has 0 fully saturated rings. The Bertz CT molecular complexity index is 717. The smallest absolute Gasteiger partial charge is 0.244 e. The molecule has 0 N–H and O–H groups in total. The summed E-state index contributed by atoms with van der Waals surface area (Å²) in [5.74, 6) is 0. The molecule has 4 nitrogen and oxygen atoms in total. The van der Waals surface area contributed by atoms with E-state index in [1.54, 1.807) is 31.3 Å². The molecule has 20 heavy (non-hydrogen) atoms. The maximum Gasteiger partial charge on any atom is 0.244 e. The molecule has 0 bridgehead atoms. The summed E-state index contributed by atoms with van der Waals surface area (Å²) in [5, 5.41) is 0. The lowest BCUT2D eigenvalue weighted by Crippen LogP contribution is -2.27. The molecule has 0 radical (unpaired) electrons. The Morgan fingerprint density at radius 2 is 1.85 bits per heavy atom. The zero-order valence-corrected chi connectivity index (χ0v) is 13.6. The van der Waals surface area contributed by atoms with E-state index in [9.17, 15) is 8.42 Å². The van der Waals surface area contributed by atoms with Gasteiger partial charge in [0.25, 0.3) is 0 Å². The monoisotopic (exact) mass is 354 g/mol. The third-order valence-electron chi connectivity index (χ3n) is 2.86. The Morgan fingerprint density at radius 1 is 1.15 bits per heavy atom. The molecule has 0 amide bonds. The molecular formula is C14H15BrN2O2S. The second kappa shape index (κ2) is 6.03. The van der Waals surface area contributed by atoms with Gasteiger partial charge >= 0.3 is 0 Å². The maximum absolute atomic E-state index is 12.5. The molecule has 2 aromatic rings. The Morgan fingerprint density at radius 3 is 2.50 bits per heavy atom. The largest absolute Gasteiger partial charge is 0.257 e. The first kappa shape index (κ1) is 15.2. The van der Waals surface area contributed by atoms with E-state index in [1.165, 1.54) is 4.31 Å². The minimum absolute atomic E-state index is 0.241. The Balaban J connectivity index is 2.29. The number of aromatic nitrogens is 1. The molecule has 106 valence electrons. The van der Waals surface area contributed by atoms with Crippen LogP contribution in [0.25, 0.3) is 0 Å². The second-order valence-electron chi connectivity index (χ2n) is 4.46. The molecule has 0 aliphatic carbocycles. The van der Waals surface area contributed by atoms with Crippen molar-refractivity contribution in [1.82, 2.24) is 9.29 Å².